The van der Waals surface area contributed by atoms with Crippen LogP contribution in [-0.4, -0.2) is 30.2 Å². The first-order valence-electron chi connectivity index (χ1n) is 6.60. The second-order valence-corrected chi connectivity index (χ2v) is 4.84. The van der Waals surface area contributed by atoms with Gasteiger partial charge in [-0.2, -0.15) is 0 Å². The Labute approximate surface area is 108 Å². The molecule has 1 fully saturated rings. The highest BCUT2D eigenvalue weighted by atomic mass is 16.5. The maximum absolute atomic E-state index is 5.82. The van der Waals surface area contributed by atoms with E-state index in [9.17, 15) is 0 Å². The molecule has 0 unspecified atom stereocenters. The molecule has 0 bridgehead atoms. The minimum Gasteiger partial charge on any atom is -0.384 e. The number of piperidine rings is 1. The van der Waals surface area contributed by atoms with Gasteiger partial charge < -0.3 is 15.4 Å². The Morgan fingerprint density at radius 3 is 2.72 bits per heavy atom. The molecule has 0 amide bonds. The van der Waals surface area contributed by atoms with Crippen molar-refractivity contribution in [1.82, 2.24) is 9.97 Å². The van der Waals surface area contributed by atoms with Crippen LogP contribution in [0.5, 0.6) is 0 Å². The zero-order chi connectivity index (χ0) is 13.0. The van der Waals surface area contributed by atoms with Crippen molar-refractivity contribution in [1.29, 1.82) is 0 Å². The van der Waals surface area contributed by atoms with E-state index in [2.05, 4.69) is 21.8 Å². The van der Waals surface area contributed by atoms with Crippen molar-refractivity contribution in [3.8, 4) is 0 Å². The van der Waals surface area contributed by atoms with Crippen LogP contribution in [0.4, 0.5) is 11.6 Å². The van der Waals surface area contributed by atoms with Crippen LogP contribution >= 0.6 is 0 Å². The lowest BCUT2D eigenvalue weighted by atomic mass is 9.94. The predicted octanol–water partition coefficient (Wildman–Crippen LogP) is 1.83. The van der Waals surface area contributed by atoms with E-state index >= 15 is 0 Å². The molecule has 1 aliphatic heterocycles. The molecule has 1 aromatic rings. The van der Waals surface area contributed by atoms with Crippen molar-refractivity contribution in [3.05, 3.63) is 11.9 Å². The summed E-state index contributed by atoms with van der Waals surface area (Å²) in [5.41, 5.74) is 5.82. The molecule has 1 aromatic heterocycles. The molecule has 18 heavy (non-hydrogen) atoms. The van der Waals surface area contributed by atoms with Crippen LogP contribution in [-0.2, 0) is 11.3 Å². The lowest BCUT2D eigenvalue weighted by Gasteiger charge is -2.32. The van der Waals surface area contributed by atoms with Gasteiger partial charge in [-0.25, -0.2) is 9.97 Å². The van der Waals surface area contributed by atoms with Gasteiger partial charge in [-0.15, -0.1) is 0 Å². The van der Waals surface area contributed by atoms with Crippen molar-refractivity contribution in [2.24, 2.45) is 5.92 Å². The van der Waals surface area contributed by atoms with E-state index in [0.717, 1.165) is 24.8 Å². The van der Waals surface area contributed by atoms with Gasteiger partial charge in [0.15, 0.2) is 5.82 Å². The van der Waals surface area contributed by atoms with Gasteiger partial charge >= 0.3 is 0 Å². The van der Waals surface area contributed by atoms with Crippen LogP contribution < -0.4 is 10.6 Å². The minimum atomic E-state index is 0.406. The van der Waals surface area contributed by atoms with E-state index in [4.69, 9.17) is 10.5 Å². The van der Waals surface area contributed by atoms with E-state index in [1.54, 1.807) is 7.11 Å². The SMILES string of the molecule is CCC1CCN(c2cc(N)nc(COC)n2)CC1. The third-order valence-corrected chi connectivity index (χ3v) is 3.57. The number of anilines is 2. The molecule has 0 radical (unpaired) electrons. The summed E-state index contributed by atoms with van der Waals surface area (Å²) in [4.78, 5) is 11.0. The molecule has 1 saturated heterocycles. The summed E-state index contributed by atoms with van der Waals surface area (Å²) in [6.45, 7) is 4.78. The highest BCUT2D eigenvalue weighted by Gasteiger charge is 2.19. The zero-order valence-corrected chi connectivity index (χ0v) is 11.2. The summed E-state index contributed by atoms with van der Waals surface area (Å²) in [6, 6.07) is 1.85. The van der Waals surface area contributed by atoms with Crippen LogP contribution in [0.1, 0.15) is 32.0 Å². The molecule has 2 rings (SSSR count). The number of aromatic nitrogens is 2. The first-order chi connectivity index (χ1) is 8.72. The maximum Gasteiger partial charge on any atom is 0.158 e. The number of hydrogen-bond donors (Lipinski definition) is 1. The topological polar surface area (TPSA) is 64.3 Å². The van der Waals surface area contributed by atoms with E-state index in [-0.39, 0.29) is 0 Å². The molecule has 0 spiro atoms. The van der Waals surface area contributed by atoms with Gasteiger partial charge in [-0.1, -0.05) is 13.3 Å². The van der Waals surface area contributed by atoms with E-state index in [1.165, 1.54) is 19.3 Å². The van der Waals surface area contributed by atoms with Crippen LogP contribution in [0.15, 0.2) is 6.07 Å². The van der Waals surface area contributed by atoms with Crippen molar-refractivity contribution >= 4 is 11.6 Å². The Balaban J connectivity index is 2.08. The van der Waals surface area contributed by atoms with Gasteiger partial charge in [0.25, 0.3) is 0 Å². The number of nitrogens with two attached hydrogens (primary N) is 1. The molecule has 1 aliphatic rings. The zero-order valence-electron chi connectivity index (χ0n) is 11.2. The number of ether oxygens (including phenoxy) is 1. The molecule has 0 atom stereocenters. The molecule has 2 heterocycles. The highest BCUT2D eigenvalue weighted by Crippen LogP contribution is 2.24. The fourth-order valence-electron chi connectivity index (χ4n) is 2.43. The lowest BCUT2D eigenvalue weighted by Crippen LogP contribution is -2.34. The Kier molecular flexibility index (Phi) is 4.36. The van der Waals surface area contributed by atoms with E-state index in [0.29, 0.717) is 18.2 Å². The molecular formula is C13H22N4O. The van der Waals surface area contributed by atoms with Crippen LogP contribution in [0.3, 0.4) is 0 Å². The van der Waals surface area contributed by atoms with Gasteiger partial charge in [0.2, 0.25) is 0 Å². The number of nitrogens with zero attached hydrogens (tertiary/aromatic N) is 3. The molecule has 0 saturated carbocycles. The van der Waals surface area contributed by atoms with Crippen LogP contribution in [0.25, 0.3) is 0 Å². The average Bonchev–Trinajstić information content (AvgIpc) is 2.38. The number of methoxy groups -OCH3 is 1. The second kappa shape index (κ2) is 6.00. The standard InChI is InChI=1S/C13H22N4O/c1-3-10-4-6-17(7-5-10)13-8-11(14)15-12(16-13)9-18-2/h8,10H,3-7,9H2,1-2H3,(H2,14,15,16). The molecular weight excluding hydrogens is 228 g/mol. The van der Waals surface area contributed by atoms with E-state index in [1.807, 2.05) is 6.07 Å². The van der Waals surface area contributed by atoms with Crippen molar-refractivity contribution in [2.75, 3.05) is 30.8 Å². The average molecular weight is 250 g/mol. The summed E-state index contributed by atoms with van der Waals surface area (Å²) in [7, 11) is 1.64. The summed E-state index contributed by atoms with van der Waals surface area (Å²) < 4.78 is 5.06. The molecule has 0 aromatic carbocycles. The van der Waals surface area contributed by atoms with Crippen LogP contribution in [0, 0.1) is 5.92 Å². The molecule has 5 heteroatoms. The fourth-order valence-corrected chi connectivity index (χ4v) is 2.43. The normalized spacial score (nSPS) is 17.1. The third-order valence-electron chi connectivity index (χ3n) is 3.57. The van der Waals surface area contributed by atoms with Gasteiger partial charge in [0.05, 0.1) is 0 Å². The molecule has 0 aliphatic carbocycles. The summed E-state index contributed by atoms with van der Waals surface area (Å²) in [5.74, 6) is 2.97. The number of rotatable bonds is 4. The largest absolute Gasteiger partial charge is 0.384 e. The summed E-state index contributed by atoms with van der Waals surface area (Å²) >= 11 is 0. The predicted molar refractivity (Wildman–Crippen MR) is 72.4 cm³/mol. The van der Waals surface area contributed by atoms with Crippen LogP contribution in [0.2, 0.25) is 0 Å². The molecule has 2 N–H and O–H groups in total. The Hall–Kier alpha value is -1.36. The van der Waals surface area contributed by atoms with Gasteiger partial charge in [0, 0.05) is 26.3 Å². The first kappa shape index (κ1) is 13.1. The highest BCUT2D eigenvalue weighted by molar-refractivity contribution is 5.47. The Bertz CT molecular complexity index is 389. The number of hydrogen-bond acceptors (Lipinski definition) is 5. The van der Waals surface area contributed by atoms with E-state index < -0.39 is 0 Å². The van der Waals surface area contributed by atoms with Gasteiger partial charge in [-0.3, -0.25) is 0 Å². The van der Waals surface area contributed by atoms with Crippen molar-refractivity contribution < 1.29 is 4.74 Å². The van der Waals surface area contributed by atoms with Crippen molar-refractivity contribution in [3.63, 3.8) is 0 Å². The minimum absolute atomic E-state index is 0.406. The molecule has 5 nitrogen and oxygen atoms in total. The van der Waals surface area contributed by atoms with Gasteiger partial charge in [0.1, 0.15) is 18.2 Å². The third kappa shape index (κ3) is 3.10. The Morgan fingerprint density at radius 1 is 1.39 bits per heavy atom. The smallest absolute Gasteiger partial charge is 0.158 e. The maximum atomic E-state index is 5.82. The van der Waals surface area contributed by atoms with Crippen molar-refractivity contribution in [2.45, 2.75) is 32.8 Å². The summed E-state index contributed by atoms with van der Waals surface area (Å²) in [6.07, 6.45) is 3.74. The monoisotopic (exact) mass is 250 g/mol. The summed E-state index contributed by atoms with van der Waals surface area (Å²) in [5, 5.41) is 0. The fraction of sp³-hybridized carbons (Fsp3) is 0.692. The number of nitrogen functional groups attached to an aromatic ring is 1. The van der Waals surface area contributed by atoms with Gasteiger partial charge in [-0.05, 0) is 18.8 Å². The second-order valence-electron chi connectivity index (χ2n) is 4.84. The Morgan fingerprint density at radius 2 is 2.11 bits per heavy atom. The molecule has 100 valence electrons. The first-order valence-corrected chi connectivity index (χ1v) is 6.60. The quantitative estimate of drug-likeness (QED) is 0.883. The lowest BCUT2D eigenvalue weighted by molar-refractivity contribution is 0.178.